The molecule has 0 aliphatic carbocycles. The molecule has 1 aliphatic rings. The lowest BCUT2D eigenvalue weighted by molar-refractivity contribution is 0.248. The maximum atomic E-state index is 4.10. The Bertz CT molecular complexity index is 523. The molecule has 0 unspecified atom stereocenters. The van der Waals surface area contributed by atoms with Crippen molar-refractivity contribution in [2.24, 2.45) is 0 Å². The zero-order valence-corrected chi connectivity index (χ0v) is 13.2. The molecular weight excluding hydrogens is 272 g/mol. The first-order chi connectivity index (χ1) is 10.9. The lowest BCUT2D eigenvalue weighted by Crippen LogP contribution is -2.31. The summed E-state index contributed by atoms with van der Waals surface area (Å²) in [6.07, 6.45) is 7.41. The van der Waals surface area contributed by atoms with E-state index in [0.717, 1.165) is 13.1 Å². The Balaban J connectivity index is 1.39. The van der Waals surface area contributed by atoms with Crippen LogP contribution >= 0.6 is 0 Å². The second kappa shape index (κ2) is 8.11. The molecular formula is C18H26N4. The SMILES string of the molecule is c1ccc(CCCN2CCCN(Cc3cnc[nH]3)CC2)cc1. The molecule has 1 aliphatic heterocycles. The number of hydrogen-bond acceptors (Lipinski definition) is 3. The van der Waals surface area contributed by atoms with Gasteiger partial charge in [-0.25, -0.2) is 4.98 Å². The fourth-order valence-electron chi connectivity index (χ4n) is 3.17. The maximum absolute atomic E-state index is 4.10. The highest BCUT2D eigenvalue weighted by Crippen LogP contribution is 2.09. The quantitative estimate of drug-likeness (QED) is 0.890. The summed E-state index contributed by atoms with van der Waals surface area (Å²) in [6, 6.07) is 10.8. The summed E-state index contributed by atoms with van der Waals surface area (Å²) >= 11 is 0. The standard InChI is InChI=1S/C18H26N4/c1-2-6-17(7-3-1)8-4-9-21-10-5-11-22(13-12-21)15-18-14-19-16-20-18/h1-3,6-7,14,16H,4-5,8-13,15H2,(H,19,20). The smallest absolute Gasteiger partial charge is 0.0922 e. The van der Waals surface area contributed by atoms with Crippen LogP contribution in [0.2, 0.25) is 0 Å². The van der Waals surface area contributed by atoms with E-state index in [1.807, 2.05) is 6.20 Å². The van der Waals surface area contributed by atoms with Gasteiger partial charge in [0.15, 0.2) is 0 Å². The first-order valence-electron chi connectivity index (χ1n) is 8.36. The normalized spacial score (nSPS) is 17.5. The van der Waals surface area contributed by atoms with Gasteiger partial charge in [-0.2, -0.15) is 0 Å². The maximum Gasteiger partial charge on any atom is 0.0922 e. The van der Waals surface area contributed by atoms with E-state index in [1.165, 1.54) is 56.7 Å². The van der Waals surface area contributed by atoms with Gasteiger partial charge >= 0.3 is 0 Å². The summed E-state index contributed by atoms with van der Waals surface area (Å²) in [6.45, 7) is 6.97. The first-order valence-corrected chi connectivity index (χ1v) is 8.36. The van der Waals surface area contributed by atoms with E-state index in [2.05, 4.69) is 50.1 Å². The van der Waals surface area contributed by atoms with Crippen molar-refractivity contribution >= 4 is 0 Å². The molecule has 1 aromatic carbocycles. The largest absolute Gasteiger partial charge is 0.347 e. The van der Waals surface area contributed by atoms with Crippen molar-refractivity contribution in [3.63, 3.8) is 0 Å². The van der Waals surface area contributed by atoms with Gasteiger partial charge in [0.25, 0.3) is 0 Å². The van der Waals surface area contributed by atoms with Gasteiger partial charge in [-0.15, -0.1) is 0 Å². The zero-order chi connectivity index (χ0) is 15.0. The van der Waals surface area contributed by atoms with Crippen LogP contribution in [0.1, 0.15) is 24.1 Å². The fourth-order valence-corrected chi connectivity index (χ4v) is 3.17. The van der Waals surface area contributed by atoms with Crippen molar-refractivity contribution < 1.29 is 0 Å². The third-order valence-corrected chi connectivity index (χ3v) is 4.41. The van der Waals surface area contributed by atoms with Gasteiger partial charge in [0, 0.05) is 31.5 Å². The van der Waals surface area contributed by atoms with E-state index in [9.17, 15) is 0 Å². The van der Waals surface area contributed by atoms with Crippen LogP contribution in [0.3, 0.4) is 0 Å². The summed E-state index contributed by atoms with van der Waals surface area (Å²) in [4.78, 5) is 12.5. The van der Waals surface area contributed by atoms with Gasteiger partial charge in [-0.05, 0) is 44.5 Å². The molecule has 2 aromatic rings. The summed E-state index contributed by atoms with van der Waals surface area (Å²) in [5, 5.41) is 0. The number of H-pyrrole nitrogens is 1. The molecule has 0 saturated carbocycles. The predicted molar refractivity (Wildman–Crippen MR) is 89.7 cm³/mol. The molecule has 1 aromatic heterocycles. The lowest BCUT2D eigenvalue weighted by atomic mass is 10.1. The van der Waals surface area contributed by atoms with Crippen molar-refractivity contribution in [3.8, 4) is 0 Å². The van der Waals surface area contributed by atoms with Crippen molar-refractivity contribution in [1.82, 2.24) is 19.8 Å². The molecule has 4 nitrogen and oxygen atoms in total. The van der Waals surface area contributed by atoms with Crippen LogP contribution in [0.4, 0.5) is 0 Å². The van der Waals surface area contributed by atoms with E-state index in [4.69, 9.17) is 0 Å². The number of nitrogens with one attached hydrogen (secondary N) is 1. The Kier molecular flexibility index (Phi) is 5.62. The van der Waals surface area contributed by atoms with E-state index >= 15 is 0 Å². The number of benzene rings is 1. The molecule has 4 heteroatoms. The molecule has 2 heterocycles. The summed E-state index contributed by atoms with van der Waals surface area (Å²) in [7, 11) is 0. The Morgan fingerprint density at radius 3 is 2.64 bits per heavy atom. The van der Waals surface area contributed by atoms with Crippen molar-refractivity contribution in [3.05, 3.63) is 54.1 Å². The zero-order valence-electron chi connectivity index (χ0n) is 13.2. The molecule has 118 valence electrons. The minimum atomic E-state index is 0.998. The van der Waals surface area contributed by atoms with Gasteiger partial charge in [0.2, 0.25) is 0 Å². The van der Waals surface area contributed by atoms with Crippen LogP contribution in [-0.4, -0.2) is 52.5 Å². The van der Waals surface area contributed by atoms with E-state index in [-0.39, 0.29) is 0 Å². The molecule has 0 radical (unpaired) electrons. The molecule has 22 heavy (non-hydrogen) atoms. The number of rotatable bonds is 6. The van der Waals surface area contributed by atoms with Gasteiger partial charge in [0.1, 0.15) is 0 Å². The minimum absolute atomic E-state index is 0.998. The average Bonchev–Trinajstić information content (AvgIpc) is 2.96. The lowest BCUT2D eigenvalue weighted by Gasteiger charge is -2.21. The highest BCUT2D eigenvalue weighted by atomic mass is 15.2. The molecule has 0 spiro atoms. The highest BCUT2D eigenvalue weighted by Gasteiger charge is 2.14. The van der Waals surface area contributed by atoms with Crippen LogP contribution < -0.4 is 0 Å². The number of aryl methyl sites for hydroxylation is 1. The van der Waals surface area contributed by atoms with Gasteiger partial charge in [0.05, 0.1) is 6.33 Å². The Morgan fingerprint density at radius 2 is 1.82 bits per heavy atom. The van der Waals surface area contributed by atoms with Crippen LogP contribution in [0.5, 0.6) is 0 Å². The number of nitrogens with zero attached hydrogens (tertiary/aromatic N) is 3. The molecule has 0 bridgehead atoms. The van der Waals surface area contributed by atoms with Gasteiger partial charge in [-0.1, -0.05) is 30.3 Å². The third kappa shape index (κ3) is 4.68. The average molecular weight is 298 g/mol. The second-order valence-electron chi connectivity index (χ2n) is 6.14. The Morgan fingerprint density at radius 1 is 1.00 bits per heavy atom. The summed E-state index contributed by atoms with van der Waals surface area (Å²) in [5.74, 6) is 0. The van der Waals surface area contributed by atoms with Gasteiger partial charge < -0.3 is 9.88 Å². The molecule has 1 fully saturated rings. The molecule has 0 atom stereocenters. The molecule has 0 amide bonds. The monoisotopic (exact) mass is 298 g/mol. The number of aromatic nitrogens is 2. The van der Waals surface area contributed by atoms with Crippen LogP contribution in [0.15, 0.2) is 42.9 Å². The van der Waals surface area contributed by atoms with Crippen LogP contribution in [-0.2, 0) is 13.0 Å². The van der Waals surface area contributed by atoms with Crippen molar-refractivity contribution in [1.29, 1.82) is 0 Å². The predicted octanol–water partition coefficient (Wildman–Crippen LogP) is 2.55. The summed E-state index contributed by atoms with van der Waals surface area (Å²) in [5.41, 5.74) is 2.68. The Hall–Kier alpha value is -1.65. The summed E-state index contributed by atoms with van der Waals surface area (Å²) < 4.78 is 0. The second-order valence-corrected chi connectivity index (χ2v) is 6.14. The van der Waals surface area contributed by atoms with Crippen molar-refractivity contribution in [2.45, 2.75) is 25.8 Å². The third-order valence-electron chi connectivity index (χ3n) is 4.41. The number of aromatic amines is 1. The topological polar surface area (TPSA) is 35.2 Å². The minimum Gasteiger partial charge on any atom is -0.347 e. The van der Waals surface area contributed by atoms with Gasteiger partial charge in [-0.3, -0.25) is 4.90 Å². The number of imidazole rings is 1. The molecule has 1 N–H and O–H groups in total. The first kappa shape index (κ1) is 15.3. The van der Waals surface area contributed by atoms with Crippen LogP contribution in [0.25, 0.3) is 0 Å². The van der Waals surface area contributed by atoms with E-state index < -0.39 is 0 Å². The molecule has 3 rings (SSSR count). The number of hydrogen-bond donors (Lipinski definition) is 1. The fraction of sp³-hybridized carbons (Fsp3) is 0.500. The molecule has 1 saturated heterocycles. The van der Waals surface area contributed by atoms with E-state index in [0.29, 0.717) is 0 Å². The van der Waals surface area contributed by atoms with Crippen LogP contribution in [0, 0.1) is 0 Å². The highest BCUT2D eigenvalue weighted by molar-refractivity contribution is 5.14. The van der Waals surface area contributed by atoms with Crippen molar-refractivity contribution in [2.75, 3.05) is 32.7 Å². The van der Waals surface area contributed by atoms with E-state index in [1.54, 1.807) is 6.33 Å². The Labute approximate surface area is 133 Å².